The standard InChI is InChI=1S/C14H18N12O3P/c27-30(28-3-1-11(13-17-7-19-23-13)25-9-15-5-21-25)29-4-2-12(14-18-8-20-24-14)26-10-16-6-22-26/h5-12H,1-4H2,(H,17,19,23)(H,18,20,24)/q+1. The SMILES string of the molecule is O=[P+](OCCC(c1ncn[nH]1)n1cncn1)OCCC(c1ncn[nH]1)n1cncn1. The molecule has 16 heteroatoms. The van der Waals surface area contributed by atoms with Gasteiger partial charge in [0.2, 0.25) is 0 Å². The molecule has 30 heavy (non-hydrogen) atoms. The van der Waals surface area contributed by atoms with Crippen molar-refractivity contribution in [2.75, 3.05) is 13.2 Å². The van der Waals surface area contributed by atoms with Crippen LogP contribution in [0, 0.1) is 0 Å². The fourth-order valence-electron chi connectivity index (χ4n) is 2.81. The molecule has 4 rings (SSSR count). The predicted octanol–water partition coefficient (Wildman–Crippen LogP) is 0.456. The van der Waals surface area contributed by atoms with E-state index in [0.717, 1.165) is 0 Å². The molecule has 0 aromatic carbocycles. The third kappa shape index (κ3) is 4.94. The normalized spacial score (nSPS) is 13.9. The highest BCUT2D eigenvalue weighted by molar-refractivity contribution is 7.33. The number of aromatic amines is 2. The van der Waals surface area contributed by atoms with E-state index in [-0.39, 0.29) is 25.3 Å². The van der Waals surface area contributed by atoms with Gasteiger partial charge in [-0.05, 0) is 0 Å². The Labute approximate surface area is 170 Å². The van der Waals surface area contributed by atoms with Gasteiger partial charge in [-0.1, -0.05) is 0 Å². The van der Waals surface area contributed by atoms with Gasteiger partial charge >= 0.3 is 8.25 Å². The largest absolute Gasteiger partial charge is 0.697 e. The Balaban J connectivity index is 1.25. The molecule has 0 fully saturated rings. The van der Waals surface area contributed by atoms with E-state index in [1.807, 2.05) is 0 Å². The molecule has 0 saturated carbocycles. The zero-order valence-electron chi connectivity index (χ0n) is 15.6. The zero-order valence-corrected chi connectivity index (χ0v) is 16.5. The average molecular weight is 433 g/mol. The van der Waals surface area contributed by atoms with Gasteiger partial charge in [-0.3, -0.25) is 10.2 Å². The highest BCUT2D eigenvalue weighted by Crippen LogP contribution is 2.28. The summed E-state index contributed by atoms with van der Waals surface area (Å²) in [7, 11) is -2.30. The van der Waals surface area contributed by atoms with E-state index in [0.29, 0.717) is 24.5 Å². The summed E-state index contributed by atoms with van der Waals surface area (Å²) in [4.78, 5) is 16.2. The van der Waals surface area contributed by atoms with Gasteiger partial charge in [-0.2, -0.15) is 20.4 Å². The second kappa shape index (κ2) is 9.87. The van der Waals surface area contributed by atoms with E-state index >= 15 is 0 Å². The summed E-state index contributed by atoms with van der Waals surface area (Å²) >= 11 is 0. The van der Waals surface area contributed by atoms with Crippen LogP contribution in [0.2, 0.25) is 0 Å². The molecule has 2 N–H and O–H groups in total. The van der Waals surface area contributed by atoms with Crippen molar-refractivity contribution in [3.63, 3.8) is 0 Å². The van der Waals surface area contributed by atoms with Crippen LogP contribution in [0.15, 0.2) is 38.0 Å². The maximum absolute atomic E-state index is 12.1. The van der Waals surface area contributed by atoms with E-state index in [4.69, 9.17) is 9.05 Å². The molecule has 4 aromatic heterocycles. The second-order valence-corrected chi connectivity index (χ2v) is 6.96. The number of aromatic nitrogens is 12. The summed E-state index contributed by atoms with van der Waals surface area (Å²) in [5.41, 5.74) is 0. The lowest BCUT2D eigenvalue weighted by Crippen LogP contribution is -2.15. The summed E-state index contributed by atoms with van der Waals surface area (Å²) in [6.07, 6.45) is 9.69. The summed E-state index contributed by atoms with van der Waals surface area (Å²) in [5, 5.41) is 21.5. The Bertz CT molecular complexity index is 841. The molecule has 4 aromatic rings. The Morgan fingerprint density at radius 2 is 1.33 bits per heavy atom. The quantitative estimate of drug-likeness (QED) is 0.296. The molecule has 0 aliphatic heterocycles. The van der Waals surface area contributed by atoms with Crippen molar-refractivity contribution in [2.24, 2.45) is 0 Å². The van der Waals surface area contributed by atoms with Gasteiger partial charge in [0.15, 0.2) is 0 Å². The topological polar surface area (TPSA) is 180 Å². The highest BCUT2D eigenvalue weighted by atomic mass is 31.1. The van der Waals surface area contributed by atoms with Crippen molar-refractivity contribution in [1.82, 2.24) is 59.9 Å². The lowest BCUT2D eigenvalue weighted by atomic mass is 10.2. The molecule has 2 unspecified atom stereocenters. The molecule has 15 nitrogen and oxygen atoms in total. The molecule has 0 spiro atoms. The number of rotatable bonds is 12. The Kier molecular flexibility index (Phi) is 6.54. The Morgan fingerprint density at radius 1 is 0.833 bits per heavy atom. The molecule has 156 valence electrons. The zero-order chi connectivity index (χ0) is 20.6. The minimum Gasteiger partial charge on any atom is -0.262 e. The van der Waals surface area contributed by atoms with Crippen LogP contribution in [0.25, 0.3) is 0 Å². The van der Waals surface area contributed by atoms with Crippen molar-refractivity contribution < 1.29 is 13.6 Å². The molecule has 0 saturated heterocycles. The van der Waals surface area contributed by atoms with Crippen molar-refractivity contribution in [3.05, 3.63) is 49.6 Å². The summed E-state index contributed by atoms with van der Waals surface area (Å²) < 4.78 is 26.0. The van der Waals surface area contributed by atoms with Crippen LogP contribution in [0.3, 0.4) is 0 Å². The molecule has 4 heterocycles. The molecule has 2 atom stereocenters. The number of nitrogens with one attached hydrogen (secondary N) is 2. The first-order valence-electron chi connectivity index (χ1n) is 8.93. The first kappa shape index (κ1) is 19.9. The molecular weight excluding hydrogens is 415 g/mol. The van der Waals surface area contributed by atoms with Gasteiger partial charge in [0, 0.05) is 17.4 Å². The van der Waals surface area contributed by atoms with Crippen LogP contribution >= 0.6 is 8.25 Å². The number of hydrogen-bond donors (Lipinski definition) is 2. The summed E-state index contributed by atoms with van der Waals surface area (Å²) in [6.45, 7) is 0.323. The van der Waals surface area contributed by atoms with Crippen LogP contribution in [0.5, 0.6) is 0 Å². The van der Waals surface area contributed by atoms with Crippen LogP contribution < -0.4 is 0 Å². The first-order chi connectivity index (χ1) is 14.8. The van der Waals surface area contributed by atoms with Gasteiger partial charge in [0.25, 0.3) is 0 Å². The Hall–Kier alpha value is -3.42. The number of nitrogens with zero attached hydrogens (tertiary/aromatic N) is 10. The molecule has 0 radical (unpaired) electrons. The van der Waals surface area contributed by atoms with E-state index < -0.39 is 8.25 Å². The van der Waals surface area contributed by atoms with E-state index in [2.05, 4.69) is 50.5 Å². The van der Waals surface area contributed by atoms with Crippen molar-refractivity contribution in [3.8, 4) is 0 Å². The monoisotopic (exact) mass is 433 g/mol. The lowest BCUT2D eigenvalue weighted by molar-refractivity contribution is 0.205. The second-order valence-electron chi connectivity index (χ2n) is 5.99. The fourth-order valence-corrected chi connectivity index (χ4v) is 3.39. The van der Waals surface area contributed by atoms with Gasteiger partial charge < -0.3 is 0 Å². The van der Waals surface area contributed by atoms with E-state index in [1.54, 1.807) is 22.0 Å². The van der Waals surface area contributed by atoms with Crippen LogP contribution in [0.4, 0.5) is 0 Å². The average Bonchev–Trinajstić information content (AvgIpc) is 3.58. The molecule has 0 aliphatic carbocycles. The summed E-state index contributed by atoms with van der Waals surface area (Å²) in [5.74, 6) is 1.20. The summed E-state index contributed by atoms with van der Waals surface area (Å²) in [6, 6.07) is -0.553. The van der Waals surface area contributed by atoms with Crippen molar-refractivity contribution >= 4 is 8.25 Å². The Morgan fingerprint density at radius 3 is 1.70 bits per heavy atom. The molecular formula is C14H18N12O3P+. The van der Waals surface area contributed by atoms with Crippen LogP contribution in [-0.2, 0) is 13.6 Å². The van der Waals surface area contributed by atoms with E-state index in [9.17, 15) is 4.57 Å². The van der Waals surface area contributed by atoms with E-state index in [1.165, 1.54) is 25.3 Å². The smallest absolute Gasteiger partial charge is 0.262 e. The fraction of sp³-hybridized carbons (Fsp3) is 0.429. The maximum atomic E-state index is 12.1. The van der Waals surface area contributed by atoms with Crippen molar-refractivity contribution in [1.29, 1.82) is 0 Å². The van der Waals surface area contributed by atoms with Crippen molar-refractivity contribution in [2.45, 2.75) is 24.9 Å². The lowest BCUT2D eigenvalue weighted by Gasteiger charge is -2.12. The molecule has 0 bridgehead atoms. The van der Waals surface area contributed by atoms with Gasteiger partial charge in [0.1, 0.15) is 74.9 Å². The predicted molar refractivity (Wildman–Crippen MR) is 97.8 cm³/mol. The first-order valence-corrected chi connectivity index (χ1v) is 10.0. The molecule has 0 amide bonds. The van der Waals surface area contributed by atoms with Gasteiger partial charge in [0.05, 0.1) is 0 Å². The minimum atomic E-state index is -2.30. The van der Waals surface area contributed by atoms with Crippen LogP contribution in [0.1, 0.15) is 36.6 Å². The minimum absolute atomic E-state index is 0.162. The third-order valence-electron chi connectivity index (χ3n) is 4.19. The highest BCUT2D eigenvalue weighted by Gasteiger charge is 2.26. The van der Waals surface area contributed by atoms with Crippen LogP contribution in [-0.4, -0.2) is 73.1 Å². The maximum Gasteiger partial charge on any atom is 0.697 e. The number of hydrogen-bond acceptors (Lipinski definition) is 11. The van der Waals surface area contributed by atoms with Gasteiger partial charge in [-0.25, -0.2) is 29.3 Å². The molecule has 0 aliphatic rings. The number of H-pyrrole nitrogens is 2. The third-order valence-corrected chi connectivity index (χ3v) is 4.97. The van der Waals surface area contributed by atoms with Gasteiger partial charge in [-0.15, -0.1) is 9.05 Å².